The molecule has 1 nitrogen and oxygen atoms in total. The van der Waals surface area contributed by atoms with Crippen LogP contribution in [0.2, 0.25) is 0 Å². The summed E-state index contributed by atoms with van der Waals surface area (Å²) >= 11 is 4.54. The molecule has 0 unspecified atom stereocenters. The van der Waals surface area contributed by atoms with E-state index in [9.17, 15) is 4.79 Å². The Morgan fingerprint density at radius 2 is 0.929 bits per heavy atom. The van der Waals surface area contributed by atoms with Gasteiger partial charge in [0.15, 0.2) is 0 Å². The lowest BCUT2D eigenvalue weighted by Crippen LogP contribution is -1.69. The maximum Gasteiger partial charge on any atom is 0.126 e. The molecule has 0 fully saturated rings. The first-order valence-electron chi connectivity index (χ1n) is 3.82. The summed E-state index contributed by atoms with van der Waals surface area (Å²) in [5.41, 5.74) is 0. The Kier molecular flexibility index (Phi) is 103. The molecule has 0 radical (unpaired) electrons. The second-order valence-corrected chi connectivity index (χ2v) is 3.34. The van der Waals surface area contributed by atoms with Crippen LogP contribution in [0, 0.1) is 0 Å². The fourth-order valence-corrected chi connectivity index (χ4v) is 0. The van der Waals surface area contributed by atoms with Crippen LogP contribution in [0.5, 0.6) is 0 Å². The zero-order chi connectivity index (χ0) is 9.86. The van der Waals surface area contributed by atoms with E-state index < -0.39 is 0 Å². The molecular weight excluding hydrogens is 192 g/mol. The van der Waals surface area contributed by atoms with Gasteiger partial charge in [0.2, 0.25) is 0 Å². The maximum atomic E-state index is 9.44. The van der Waals surface area contributed by atoms with Crippen LogP contribution in [0.3, 0.4) is 0 Å². The highest BCUT2D eigenvalue weighted by molar-refractivity contribution is 7.80. The van der Waals surface area contributed by atoms with Crippen molar-refractivity contribution in [3.05, 3.63) is 0 Å². The molecule has 0 aliphatic rings. The third kappa shape index (κ3) is 23600. The molecule has 0 atom stereocenters. The Balaban J connectivity index is -0.0000000156. The first-order chi connectivity index (χ1) is 4.88. The largest absolute Gasteiger partial charge is 0.300 e. The van der Waals surface area contributed by atoms with Crippen molar-refractivity contribution >= 4 is 22.9 Å². The summed E-state index contributed by atoms with van der Waals surface area (Å²) in [4.78, 5) is 10.4. The predicted molar refractivity (Wildman–Crippen MR) is 76.5 cm³/mol. The Morgan fingerprint density at radius 1 is 0.929 bits per heavy atom. The molecule has 92 valence electrons. The minimum absolute atomic E-state index is 0. The Labute approximate surface area is 98.3 Å². The molecule has 0 saturated heterocycles. The van der Waals surface area contributed by atoms with Gasteiger partial charge in [0.25, 0.3) is 0 Å². The number of carbonyl (C=O) groups excluding carboxylic acids is 1. The van der Waals surface area contributed by atoms with E-state index in [1.165, 1.54) is 20.3 Å². The van der Waals surface area contributed by atoms with Crippen LogP contribution in [0.15, 0.2) is 0 Å². The number of thiocarbonyl (C=S) groups is 1. The molecule has 0 amide bonds. The second-order valence-electron chi connectivity index (χ2n) is 2.52. The molecule has 14 heavy (non-hydrogen) atoms. The standard InChI is InChI=1S/C3H6O.C3H6S.C3H8.3CH4/c2*1-3(2)4;1-3-2;;;/h2*1-2H3;3H2,1-2H3;3*1H4. The number of hydrogen-bond donors (Lipinski definition) is 0. The van der Waals surface area contributed by atoms with Gasteiger partial charge >= 0.3 is 0 Å². The van der Waals surface area contributed by atoms with Crippen molar-refractivity contribution in [2.75, 3.05) is 0 Å². The molecule has 0 aliphatic heterocycles. The van der Waals surface area contributed by atoms with Gasteiger partial charge in [-0.1, -0.05) is 54.8 Å². The zero-order valence-corrected chi connectivity index (χ0v) is 9.34. The van der Waals surface area contributed by atoms with Crippen LogP contribution >= 0.6 is 12.2 Å². The van der Waals surface area contributed by atoms with Gasteiger partial charge in [-0.05, 0) is 32.6 Å². The number of Topliss-reactive ketones (excluding diaryl/α,β-unsaturated/α-hetero) is 1. The molecule has 0 aromatic rings. The lowest BCUT2D eigenvalue weighted by atomic mass is 10.6. The zero-order valence-electron chi connectivity index (χ0n) is 8.52. The first-order valence-corrected chi connectivity index (χ1v) is 4.23. The fraction of sp³-hybridized carbons (Fsp3) is 0.833. The molecule has 0 N–H and O–H groups in total. The molecular formula is C12H32OS. The minimum Gasteiger partial charge on any atom is -0.300 e. The topological polar surface area (TPSA) is 17.1 Å². The fourth-order valence-electron chi connectivity index (χ4n) is 0. The predicted octanol–water partition coefficient (Wildman–Crippen LogP) is 5.32. The highest BCUT2D eigenvalue weighted by atomic mass is 32.1. The van der Waals surface area contributed by atoms with Crippen LogP contribution in [-0.2, 0) is 4.79 Å². The van der Waals surface area contributed by atoms with E-state index in [4.69, 9.17) is 0 Å². The van der Waals surface area contributed by atoms with Gasteiger partial charge in [-0.3, -0.25) is 0 Å². The lowest BCUT2D eigenvalue weighted by molar-refractivity contribution is -0.114. The maximum absolute atomic E-state index is 9.44. The van der Waals surface area contributed by atoms with Gasteiger partial charge in [-0.2, -0.15) is 0 Å². The Bertz CT molecular complexity index is 78.5. The van der Waals surface area contributed by atoms with Gasteiger partial charge in [0.05, 0.1) is 0 Å². The molecule has 0 saturated carbocycles. The summed E-state index contributed by atoms with van der Waals surface area (Å²) in [6.45, 7) is 11.1. The summed E-state index contributed by atoms with van der Waals surface area (Å²) < 4.78 is 0. The quantitative estimate of drug-likeness (QED) is 0.518. The minimum atomic E-state index is 0. The summed E-state index contributed by atoms with van der Waals surface area (Å²) in [5.74, 6) is 0.167. The van der Waals surface area contributed by atoms with Crippen molar-refractivity contribution in [3.63, 3.8) is 0 Å². The molecule has 0 aromatic heterocycles. The van der Waals surface area contributed by atoms with Crippen LogP contribution in [0.25, 0.3) is 0 Å². The van der Waals surface area contributed by atoms with Crippen molar-refractivity contribution in [3.8, 4) is 0 Å². The molecule has 0 spiro atoms. The van der Waals surface area contributed by atoms with E-state index in [-0.39, 0.29) is 28.1 Å². The van der Waals surface area contributed by atoms with Crippen LogP contribution in [-0.4, -0.2) is 10.6 Å². The molecule has 0 aromatic carbocycles. The van der Waals surface area contributed by atoms with Crippen LogP contribution in [0.1, 0.15) is 70.2 Å². The van der Waals surface area contributed by atoms with Crippen molar-refractivity contribution in [2.45, 2.75) is 70.2 Å². The summed E-state index contributed by atoms with van der Waals surface area (Å²) in [7, 11) is 0. The third-order valence-electron chi connectivity index (χ3n) is 0. The molecule has 0 heterocycles. The van der Waals surface area contributed by atoms with E-state index in [1.807, 2.05) is 13.8 Å². The van der Waals surface area contributed by atoms with Crippen molar-refractivity contribution in [1.29, 1.82) is 0 Å². The molecule has 2 heteroatoms. The second kappa shape index (κ2) is 38.6. The molecule has 0 bridgehead atoms. The SMILES string of the molecule is C.C.C.CC(C)=O.CC(C)=S.CCC. The van der Waals surface area contributed by atoms with Crippen molar-refractivity contribution in [2.24, 2.45) is 0 Å². The summed E-state index contributed by atoms with van der Waals surface area (Å²) in [6.07, 6.45) is 1.25. The van der Waals surface area contributed by atoms with Gasteiger partial charge in [0, 0.05) is 0 Å². The smallest absolute Gasteiger partial charge is 0.126 e. The number of carbonyl (C=O) groups is 1. The normalized spacial score (nSPS) is 5.00. The summed E-state index contributed by atoms with van der Waals surface area (Å²) in [5, 5.41) is 0. The van der Waals surface area contributed by atoms with E-state index in [0.717, 1.165) is 4.86 Å². The number of rotatable bonds is 0. The van der Waals surface area contributed by atoms with E-state index in [0.29, 0.717) is 0 Å². The van der Waals surface area contributed by atoms with Crippen LogP contribution in [0.4, 0.5) is 0 Å². The summed E-state index contributed by atoms with van der Waals surface area (Å²) in [6, 6.07) is 0. The first kappa shape index (κ1) is 37.2. The van der Waals surface area contributed by atoms with Gasteiger partial charge in [-0.25, -0.2) is 0 Å². The Hall–Kier alpha value is -0.240. The highest BCUT2D eigenvalue weighted by Gasteiger charge is 1.62. The lowest BCUT2D eigenvalue weighted by Gasteiger charge is -1.61. The Morgan fingerprint density at radius 3 is 0.929 bits per heavy atom. The highest BCUT2D eigenvalue weighted by Crippen LogP contribution is 1.61. The molecule has 0 aliphatic carbocycles. The third-order valence-corrected chi connectivity index (χ3v) is 0. The monoisotopic (exact) mass is 224 g/mol. The molecule has 0 rings (SSSR count). The van der Waals surface area contributed by atoms with Crippen molar-refractivity contribution < 1.29 is 4.79 Å². The average Bonchev–Trinajstić information content (AvgIpc) is 1.60. The van der Waals surface area contributed by atoms with E-state index >= 15 is 0 Å². The average molecular weight is 224 g/mol. The van der Waals surface area contributed by atoms with Crippen molar-refractivity contribution in [1.82, 2.24) is 0 Å². The number of hydrogen-bond acceptors (Lipinski definition) is 2. The van der Waals surface area contributed by atoms with Gasteiger partial charge < -0.3 is 4.79 Å². The van der Waals surface area contributed by atoms with Crippen LogP contribution < -0.4 is 0 Å². The number of ketones is 1. The van der Waals surface area contributed by atoms with Gasteiger partial charge in [0.1, 0.15) is 5.78 Å². The van der Waals surface area contributed by atoms with E-state index in [2.05, 4.69) is 26.1 Å². The van der Waals surface area contributed by atoms with Gasteiger partial charge in [-0.15, -0.1) is 0 Å². The van der Waals surface area contributed by atoms with E-state index in [1.54, 1.807) is 0 Å².